The predicted octanol–water partition coefficient (Wildman–Crippen LogP) is 3.84. The highest BCUT2D eigenvalue weighted by atomic mass is 32.2. The van der Waals surface area contributed by atoms with Crippen molar-refractivity contribution in [1.82, 2.24) is 19.6 Å². The predicted molar refractivity (Wildman–Crippen MR) is 142 cm³/mol. The normalized spacial score (nSPS) is 15.4. The van der Waals surface area contributed by atoms with Gasteiger partial charge in [-0.1, -0.05) is 49.2 Å². The van der Waals surface area contributed by atoms with Gasteiger partial charge >= 0.3 is 0 Å². The monoisotopic (exact) mass is 531 g/mol. The molecule has 0 bridgehead atoms. The van der Waals surface area contributed by atoms with Gasteiger partial charge in [0.1, 0.15) is 10.3 Å². The van der Waals surface area contributed by atoms with Crippen molar-refractivity contribution < 1.29 is 17.9 Å². The zero-order chi connectivity index (χ0) is 25.7. The van der Waals surface area contributed by atoms with Crippen LogP contribution in [0.3, 0.4) is 0 Å². The minimum atomic E-state index is -3.61. The molecule has 194 valence electrons. The maximum atomic E-state index is 13.5. The summed E-state index contributed by atoms with van der Waals surface area (Å²) in [5.74, 6) is 0.418. The molecule has 0 saturated heterocycles. The van der Waals surface area contributed by atoms with Gasteiger partial charge in [0.15, 0.2) is 5.13 Å². The fraction of sp³-hybridized carbons (Fsp3) is 0.480. The molecule has 36 heavy (non-hydrogen) atoms. The second-order valence-corrected chi connectivity index (χ2v) is 12.1. The molecule has 2 aromatic heterocycles. The van der Waals surface area contributed by atoms with Gasteiger partial charge in [-0.2, -0.15) is 0 Å². The van der Waals surface area contributed by atoms with Crippen molar-refractivity contribution in [2.75, 3.05) is 39.6 Å². The zero-order valence-electron chi connectivity index (χ0n) is 20.9. The number of rotatable bonds is 11. The Morgan fingerprint density at radius 3 is 2.53 bits per heavy atom. The second kappa shape index (κ2) is 11.6. The summed E-state index contributed by atoms with van der Waals surface area (Å²) >= 11 is 1.30. The van der Waals surface area contributed by atoms with E-state index in [1.807, 2.05) is 25.1 Å². The van der Waals surface area contributed by atoms with Gasteiger partial charge in [-0.3, -0.25) is 4.79 Å². The molecule has 2 heterocycles. The molecule has 1 saturated carbocycles. The van der Waals surface area contributed by atoms with Crippen LogP contribution in [0.1, 0.15) is 43.6 Å². The summed E-state index contributed by atoms with van der Waals surface area (Å²) in [5.41, 5.74) is 1.49. The third-order valence-corrected chi connectivity index (χ3v) is 8.83. The molecule has 1 aromatic carbocycles. The Kier molecular flexibility index (Phi) is 8.55. The number of amides is 1. The van der Waals surface area contributed by atoms with Crippen LogP contribution in [0, 0.1) is 5.92 Å². The standard InChI is InChI=1S/C25H33N5O4S2/c1-30(2)15-14-26-36(32,33)19-10-8-18(9-11-19)20(16-17-6-4-5-7-17)23(31)29-25-27-21-12-13-22(34-3)28-24(21)35-25/h8-13,17,20,26H,4-7,14-16H2,1-3H3,(H,27,29,31). The van der Waals surface area contributed by atoms with Crippen LogP contribution in [0.2, 0.25) is 0 Å². The van der Waals surface area contributed by atoms with E-state index in [1.54, 1.807) is 37.4 Å². The molecule has 9 nitrogen and oxygen atoms in total. The van der Waals surface area contributed by atoms with E-state index in [4.69, 9.17) is 4.74 Å². The van der Waals surface area contributed by atoms with Gasteiger partial charge in [0.25, 0.3) is 0 Å². The number of nitrogens with one attached hydrogen (secondary N) is 2. The summed E-state index contributed by atoms with van der Waals surface area (Å²) < 4.78 is 33.1. The lowest BCUT2D eigenvalue weighted by Crippen LogP contribution is -2.31. The molecule has 1 amide bonds. The van der Waals surface area contributed by atoms with Crippen LogP contribution in [-0.2, 0) is 14.8 Å². The maximum Gasteiger partial charge on any atom is 0.240 e. The van der Waals surface area contributed by atoms with Crippen molar-refractivity contribution in [3.05, 3.63) is 42.0 Å². The number of methoxy groups -OCH3 is 1. The molecule has 1 atom stereocenters. The number of hydrogen-bond acceptors (Lipinski definition) is 8. The van der Waals surface area contributed by atoms with Crippen molar-refractivity contribution >= 4 is 42.7 Å². The van der Waals surface area contributed by atoms with E-state index in [9.17, 15) is 13.2 Å². The minimum absolute atomic E-state index is 0.146. The van der Waals surface area contributed by atoms with E-state index < -0.39 is 15.9 Å². The number of hydrogen-bond donors (Lipinski definition) is 2. The van der Waals surface area contributed by atoms with Crippen molar-refractivity contribution in [2.45, 2.75) is 42.9 Å². The van der Waals surface area contributed by atoms with Crippen LogP contribution in [-0.4, -0.2) is 63.5 Å². The Hall–Kier alpha value is -2.60. The molecule has 1 aliphatic rings. The maximum absolute atomic E-state index is 13.5. The quantitative estimate of drug-likeness (QED) is 0.386. The van der Waals surface area contributed by atoms with Gasteiger partial charge in [0.05, 0.1) is 17.9 Å². The number of thiazole rings is 1. The lowest BCUT2D eigenvalue weighted by atomic mass is 9.87. The van der Waals surface area contributed by atoms with Gasteiger partial charge in [0.2, 0.25) is 21.8 Å². The number of anilines is 1. The summed E-state index contributed by atoms with van der Waals surface area (Å²) in [7, 11) is 1.72. The number of ether oxygens (including phenoxy) is 1. The highest BCUT2D eigenvalue weighted by molar-refractivity contribution is 7.89. The number of benzene rings is 1. The molecule has 4 rings (SSSR count). The number of fused-ring (bicyclic) bond motifs is 1. The molecular weight excluding hydrogens is 498 g/mol. The van der Waals surface area contributed by atoms with Gasteiger partial charge < -0.3 is 15.0 Å². The summed E-state index contributed by atoms with van der Waals surface area (Å²) in [6, 6.07) is 10.2. The molecule has 1 unspecified atom stereocenters. The van der Waals surface area contributed by atoms with Crippen molar-refractivity contribution in [2.24, 2.45) is 5.92 Å². The second-order valence-electron chi connectivity index (χ2n) is 9.40. The van der Waals surface area contributed by atoms with Crippen molar-refractivity contribution in [1.29, 1.82) is 0 Å². The van der Waals surface area contributed by atoms with Crippen LogP contribution in [0.25, 0.3) is 10.3 Å². The van der Waals surface area contributed by atoms with Crippen LogP contribution in [0.5, 0.6) is 5.88 Å². The Balaban J connectivity index is 1.52. The SMILES string of the molecule is COc1ccc2nc(NC(=O)C(CC3CCCC3)c3ccc(S(=O)(=O)NCCN(C)C)cc3)sc2n1. The highest BCUT2D eigenvalue weighted by Crippen LogP contribution is 2.36. The number of carbonyl (C=O) groups is 1. The third-order valence-electron chi connectivity index (χ3n) is 6.47. The lowest BCUT2D eigenvalue weighted by Gasteiger charge is -2.20. The molecule has 0 radical (unpaired) electrons. The molecule has 2 N–H and O–H groups in total. The summed E-state index contributed by atoms with van der Waals surface area (Å²) in [5, 5.41) is 3.46. The molecule has 0 aliphatic heterocycles. The van der Waals surface area contributed by atoms with Crippen LogP contribution in [0.4, 0.5) is 5.13 Å². The summed E-state index contributed by atoms with van der Waals surface area (Å²) in [4.78, 5) is 25.1. The van der Waals surface area contributed by atoms with Crippen LogP contribution < -0.4 is 14.8 Å². The van der Waals surface area contributed by atoms with Crippen molar-refractivity contribution in [3.8, 4) is 5.88 Å². The van der Waals surface area contributed by atoms with Gasteiger partial charge in [0, 0.05) is 19.2 Å². The minimum Gasteiger partial charge on any atom is -0.481 e. The van der Waals surface area contributed by atoms with Crippen LogP contribution >= 0.6 is 11.3 Å². The summed E-state index contributed by atoms with van der Waals surface area (Å²) in [6.45, 7) is 0.932. The molecular formula is C25H33N5O4S2. The number of likely N-dealkylation sites (N-methyl/N-ethyl adjacent to an activating group) is 1. The highest BCUT2D eigenvalue weighted by Gasteiger charge is 2.28. The zero-order valence-corrected chi connectivity index (χ0v) is 22.5. The number of sulfonamides is 1. The Labute approximate surface area is 216 Å². The first kappa shape index (κ1) is 26.5. The van der Waals surface area contributed by atoms with Gasteiger partial charge in [-0.15, -0.1) is 0 Å². The third kappa shape index (κ3) is 6.58. The van der Waals surface area contributed by atoms with Gasteiger partial charge in [-0.05, 0) is 50.2 Å². The largest absolute Gasteiger partial charge is 0.481 e. The van der Waals surface area contributed by atoms with Gasteiger partial charge in [-0.25, -0.2) is 23.1 Å². The van der Waals surface area contributed by atoms with E-state index in [1.165, 1.54) is 24.2 Å². The Bertz CT molecular complexity index is 1290. The lowest BCUT2D eigenvalue weighted by molar-refractivity contribution is -0.118. The van der Waals surface area contributed by atoms with E-state index in [-0.39, 0.29) is 10.8 Å². The molecule has 1 fully saturated rings. The molecule has 11 heteroatoms. The fourth-order valence-corrected chi connectivity index (χ4v) is 6.35. The number of carbonyl (C=O) groups excluding carboxylic acids is 1. The molecule has 0 spiro atoms. The van der Waals surface area contributed by atoms with Crippen molar-refractivity contribution in [3.63, 3.8) is 0 Å². The number of aromatic nitrogens is 2. The Morgan fingerprint density at radius 1 is 1.14 bits per heavy atom. The van der Waals surface area contributed by atoms with E-state index in [0.29, 0.717) is 40.4 Å². The van der Waals surface area contributed by atoms with E-state index in [0.717, 1.165) is 24.8 Å². The topological polar surface area (TPSA) is 114 Å². The number of pyridine rings is 1. The average molecular weight is 532 g/mol. The summed E-state index contributed by atoms with van der Waals surface area (Å²) in [6.07, 6.45) is 5.30. The van der Waals surface area contributed by atoms with E-state index in [2.05, 4.69) is 20.0 Å². The Morgan fingerprint density at radius 2 is 1.86 bits per heavy atom. The molecule has 3 aromatic rings. The smallest absolute Gasteiger partial charge is 0.240 e. The first-order valence-electron chi connectivity index (χ1n) is 12.1. The first-order chi connectivity index (χ1) is 17.2. The van der Waals surface area contributed by atoms with Crippen LogP contribution in [0.15, 0.2) is 41.3 Å². The first-order valence-corrected chi connectivity index (χ1v) is 14.4. The molecule has 1 aliphatic carbocycles. The number of nitrogens with zero attached hydrogens (tertiary/aromatic N) is 3. The average Bonchev–Trinajstić information content (AvgIpc) is 3.51. The van der Waals surface area contributed by atoms with E-state index >= 15 is 0 Å². The fourth-order valence-electron chi connectivity index (χ4n) is 4.50.